The summed E-state index contributed by atoms with van der Waals surface area (Å²) in [6.07, 6.45) is 1.08. The van der Waals surface area contributed by atoms with E-state index in [0.717, 1.165) is 34.6 Å². The van der Waals surface area contributed by atoms with Crippen molar-refractivity contribution < 1.29 is 0 Å². The van der Waals surface area contributed by atoms with E-state index >= 15 is 0 Å². The average molecular weight is 339 g/mol. The summed E-state index contributed by atoms with van der Waals surface area (Å²) < 4.78 is 1.06. The van der Waals surface area contributed by atoms with E-state index in [-0.39, 0.29) is 0 Å². The summed E-state index contributed by atoms with van der Waals surface area (Å²) in [4.78, 5) is 0. The van der Waals surface area contributed by atoms with Gasteiger partial charge in [-0.3, -0.25) is 0 Å². The molecule has 0 heterocycles. The maximum absolute atomic E-state index is 6.16. The van der Waals surface area contributed by atoms with E-state index in [2.05, 4.69) is 58.5 Å². The third-order valence-electron chi connectivity index (χ3n) is 3.08. The van der Waals surface area contributed by atoms with E-state index < -0.39 is 0 Å². The highest BCUT2D eigenvalue weighted by Crippen LogP contribution is 2.20. The molecule has 3 heteroatoms. The summed E-state index contributed by atoms with van der Waals surface area (Å²) in [7, 11) is 0. The summed E-state index contributed by atoms with van der Waals surface area (Å²) in [5, 5.41) is 4.22. The van der Waals surface area contributed by atoms with Gasteiger partial charge in [-0.25, -0.2) is 0 Å². The van der Waals surface area contributed by atoms with E-state index in [0.29, 0.717) is 0 Å². The molecule has 2 rings (SSSR count). The molecule has 0 unspecified atom stereocenters. The lowest BCUT2D eigenvalue weighted by molar-refractivity contribution is 0.693. The maximum Gasteiger partial charge on any atom is 0.0451 e. The van der Waals surface area contributed by atoms with Crippen molar-refractivity contribution >= 4 is 27.5 Å². The van der Waals surface area contributed by atoms with Crippen molar-refractivity contribution in [2.24, 2.45) is 0 Å². The monoisotopic (exact) mass is 337 g/mol. The molecule has 0 fully saturated rings. The topological polar surface area (TPSA) is 12.0 Å². The lowest BCUT2D eigenvalue weighted by Gasteiger charge is -2.08. The van der Waals surface area contributed by atoms with Crippen LogP contribution in [-0.2, 0) is 19.5 Å². The summed E-state index contributed by atoms with van der Waals surface area (Å²) in [5.74, 6) is 0. The Labute approximate surface area is 128 Å². The Kier molecular flexibility index (Phi) is 5.44. The van der Waals surface area contributed by atoms with Gasteiger partial charge in [-0.15, -0.1) is 0 Å². The molecule has 0 aliphatic carbocycles. The fourth-order valence-corrected chi connectivity index (χ4v) is 2.51. The van der Waals surface area contributed by atoms with Crippen molar-refractivity contribution in [2.45, 2.75) is 26.4 Å². The van der Waals surface area contributed by atoms with Gasteiger partial charge in [-0.05, 0) is 41.3 Å². The Morgan fingerprint density at radius 1 is 1.00 bits per heavy atom. The minimum Gasteiger partial charge on any atom is -0.309 e. The molecule has 0 radical (unpaired) electrons. The van der Waals surface area contributed by atoms with Crippen molar-refractivity contribution in [1.82, 2.24) is 5.32 Å². The first-order valence-electron chi connectivity index (χ1n) is 6.41. The van der Waals surface area contributed by atoms with Crippen LogP contribution in [-0.4, -0.2) is 0 Å². The zero-order valence-electron chi connectivity index (χ0n) is 10.9. The van der Waals surface area contributed by atoms with Crippen LogP contribution < -0.4 is 5.32 Å². The summed E-state index contributed by atoms with van der Waals surface area (Å²) in [6, 6.07) is 14.6. The van der Waals surface area contributed by atoms with E-state index in [1.807, 2.05) is 12.1 Å². The molecular formula is C16H17BrClN. The highest BCUT2D eigenvalue weighted by atomic mass is 79.9. The predicted octanol–water partition coefficient (Wildman–Crippen LogP) is 4.95. The van der Waals surface area contributed by atoms with Crippen molar-refractivity contribution in [3.05, 3.63) is 68.7 Å². The number of halogens is 2. The number of hydrogen-bond acceptors (Lipinski definition) is 1. The van der Waals surface area contributed by atoms with Crippen molar-refractivity contribution in [1.29, 1.82) is 0 Å². The molecule has 0 aliphatic heterocycles. The van der Waals surface area contributed by atoms with E-state index in [4.69, 9.17) is 11.6 Å². The van der Waals surface area contributed by atoms with E-state index in [9.17, 15) is 0 Å². The molecule has 0 saturated heterocycles. The molecule has 0 amide bonds. The van der Waals surface area contributed by atoms with Crippen LogP contribution >= 0.6 is 27.5 Å². The molecule has 19 heavy (non-hydrogen) atoms. The van der Waals surface area contributed by atoms with Gasteiger partial charge in [0.1, 0.15) is 0 Å². The summed E-state index contributed by atoms with van der Waals surface area (Å²) in [6.45, 7) is 3.79. The van der Waals surface area contributed by atoms with E-state index in [1.54, 1.807) is 0 Å². The van der Waals surface area contributed by atoms with Gasteiger partial charge in [0.05, 0.1) is 0 Å². The Morgan fingerprint density at radius 2 is 1.68 bits per heavy atom. The SMILES string of the molecule is CCc1ccc(CNCc2cc(Br)ccc2Cl)cc1. The first-order valence-corrected chi connectivity index (χ1v) is 7.58. The second kappa shape index (κ2) is 7.09. The number of hydrogen-bond donors (Lipinski definition) is 1. The molecule has 0 aromatic heterocycles. The van der Waals surface area contributed by atoms with Gasteiger partial charge < -0.3 is 5.32 Å². The zero-order valence-corrected chi connectivity index (χ0v) is 13.3. The zero-order chi connectivity index (χ0) is 13.7. The van der Waals surface area contributed by atoms with Crippen LogP contribution in [0.15, 0.2) is 46.9 Å². The van der Waals surface area contributed by atoms with Gasteiger partial charge in [-0.1, -0.05) is 58.7 Å². The Balaban J connectivity index is 1.90. The Hall–Kier alpha value is -0.830. The van der Waals surface area contributed by atoms with Gasteiger partial charge in [0, 0.05) is 22.6 Å². The van der Waals surface area contributed by atoms with E-state index in [1.165, 1.54) is 11.1 Å². The number of rotatable bonds is 5. The minimum atomic E-state index is 0.772. The minimum absolute atomic E-state index is 0.772. The van der Waals surface area contributed by atoms with Gasteiger partial charge in [-0.2, -0.15) is 0 Å². The molecule has 1 N–H and O–H groups in total. The quantitative estimate of drug-likeness (QED) is 0.813. The largest absolute Gasteiger partial charge is 0.309 e. The molecule has 1 nitrogen and oxygen atoms in total. The fraction of sp³-hybridized carbons (Fsp3) is 0.250. The molecule has 2 aromatic rings. The van der Waals surface area contributed by atoms with Crippen molar-refractivity contribution in [3.63, 3.8) is 0 Å². The third-order valence-corrected chi connectivity index (χ3v) is 3.95. The smallest absolute Gasteiger partial charge is 0.0451 e. The maximum atomic E-state index is 6.16. The Bertz CT molecular complexity index is 537. The van der Waals surface area contributed by atoms with Gasteiger partial charge >= 0.3 is 0 Å². The van der Waals surface area contributed by atoms with Crippen LogP contribution in [0.2, 0.25) is 5.02 Å². The van der Waals surface area contributed by atoms with Crippen LogP contribution in [0.4, 0.5) is 0 Å². The Morgan fingerprint density at radius 3 is 2.37 bits per heavy atom. The highest BCUT2D eigenvalue weighted by molar-refractivity contribution is 9.10. The first kappa shape index (κ1) is 14.6. The first-order chi connectivity index (χ1) is 9.19. The second-order valence-corrected chi connectivity index (χ2v) is 5.83. The number of nitrogens with one attached hydrogen (secondary N) is 1. The third kappa shape index (κ3) is 4.34. The van der Waals surface area contributed by atoms with Crippen LogP contribution in [0.5, 0.6) is 0 Å². The molecule has 0 atom stereocenters. The lowest BCUT2D eigenvalue weighted by Crippen LogP contribution is -2.13. The van der Waals surface area contributed by atoms with Crippen LogP contribution in [0.25, 0.3) is 0 Å². The fourth-order valence-electron chi connectivity index (χ4n) is 1.91. The molecule has 100 valence electrons. The van der Waals surface area contributed by atoms with Crippen molar-refractivity contribution in [3.8, 4) is 0 Å². The van der Waals surface area contributed by atoms with Crippen LogP contribution in [0, 0.1) is 0 Å². The lowest BCUT2D eigenvalue weighted by atomic mass is 10.1. The summed E-state index contributed by atoms with van der Waals surface area (Å²) in [5.41, 5.74) is 3.78. The molecular weight excluding hydrogens is 322 g/mol. The highest BCUT2D eigenvalue weighted by Gasteiger charge is 2.01. The van der Waals surface area contributed by atoms with Crippen molar-refractivity contribution in [2.75, 3.05) is 0 Å². The normalized spacial score (nSPS) is 10.7. The second-order valence-electron chi connectivity index (χ2n) is 4.51. The number of benzene rings is 2. The average Bonchev–Trinajstić information content (AvgIpc) is 2.43. The summed E-state index contributed by atoms with van der Waals surface area (Å²) >= 11 is 9.62. The number of aryl methyl sites for hydroxylation is 1. The molecule has 0 bridgehead atoms. The molecule has 0 saturated carbocycles. The molecule has 0 spiro atoms. The van der Waals surface area contributed by atoms with Crippen LogP contribution in [0.1, 0.15) is 23.6 Å². The van der Waals surface area contributed by atoms with Gasteiger partial charge in [0.25, 0.3) is 0 Å². The molecule has 2 aromatic carbocycles. The predicted molar refractivity (Wildman–Crippen MR) is 85.5 cm³/mol. The molecule has 0 aliphatic rings. The van der Waals surface area contributed by atoms with Gasteiger partial charge in [0.2, 0.25) is 0 Å². The van der Waals surface area contributed by atoms with Crippen LogP contribution in [0.3, 0.4) is 0 Å². The van der Waals surface area contributed by atoms with Gasteiger partial charge in [0.15, 0.2) is 0 Å². The standard InChI is InChI=1S/C16H17BrClN/c1-2-12-3-5-13(6-4-12)10-19-11-14-9-15(17)7-8-16(14)18/h3-9,19H,2,10-11H2,1H3.